The number of hydrazine groups is 1. The number of rotatable bonds is 5. The largest absolute Gasteiger partial charge is 0.497 e. The maximum atomic E-state index is 12.5. The van der Waals surface area contributed by atoms with Crippen LogP contribution < -0.4 is 25.6 Å². The molecule has 2 aromatic rings. The van der Waals surface area contributed by atoms with Crippen LogP contribution in [0, 0.1) is 0 Å². The van der Waals surface area contributed by atoms with Gasteiger partial charge in [-0.1, -0.05) is 24.3 Å². The fraction of sp³-hybridized carbons (Fsp3) is 0.278. The van der Waals surface area contributed by atoms with E-state index in [1.54, 1.807) is 14.2 Å². The summed E-state index contributed by atoms with van der Waals surface area (Å²) in [6, 6.07) is 14.9. The summed E-state index contributed by atoms with van der Waals surface area (Å²) in [6.45, 7) is 0. The van der Waals surface area contributed by atoms with Gasteiger partial charge in [-0.25, -0.2) is 10.9 Å². The van der Waals surface area contributed by atoms with Crippen molar-refractivity contribution in [3.8, 4) is 11.5 Å². The molecule has 0 aliphatic carbocycles. The van der Waals surface area contributed by atoms with Gasteiger partial charge in [-0.2, -0.15) is 0 Å². The second-order valence-electron chi connectivity index (χ2n) is 5.59. The van der Waals surface area contributed by atoms with Crippen molar-refractivity contribution in [1.29, 1.82) is 0 Å². The minimum Gasteiger partial charge on any atom is -0.497 e. The Morgan fingerprint density at radius 1 is 1.04 bits per heavy atom. The molecule has 2 atom stereocenters. The normalized spacial score (nSPS) is 19.8. The SMILES string of the molecule is COc1ccc(C2CC(C(=O)Nc3ccccc3OC)NN2)cc1. The van der Waals surface area contributed by atoms with Gasteiger partial charge in [0.25, 0.3) is 0 Å². The van der Waals surface area contributed by atoms with E-state index in [4.69, 9.17) is 9.47 Å². The zero-order valence-electron chi connectivity index (χ0n) is 13.7. The van der Waals surface area contributed by atoms with Crippen molar-refractivity contribution in [2.24, 2.45) is 0 Å². The van der Waals surface area contributed by atoms with Gasteiger partial charge >= 0.3 is 0 Å². The molecule has 2 aromatic carbocycles. The lowest BCUT2D eigenvalue weighted by atomic mass is 10.0. The van der Waals surface area contributed by atoms with Crippen molar-refractivity contribution in [1.82, 2.24) is 10.9 Å². The summed E-state index contributed by atoms with van der Waals surface area (Å²) in [5, 5.41) is 2.91. The predicted octanol–water partition coefficient (Wildman–Crippen LogP) is 2.25. The first-order chi connectivity index (χ1) is 11.7. The van der Waals surface area contributed by atoms with Crippen molar-refractivity contribution in [2.45, 2.75) is 18.5 Å². The van der Waals surface area contributed by atoms with E-state index < -0.39 is 0 Å². The number of para-hydroxylation sites is 2. The van der Waals surface area contributed by atoms with E-state index in [9.17, 15) is 4.79 Å². The first-order valence-electron chi connectivity index (χ1n) is 7.80. The summed E-state index contributed by atoms with van der Waals surface area (Å²) in [6.07, 6.45) is 0.660. The van der Waals surface area contributed by atoms with Crippen LogP contribution in [0.2, 0.25) is 0 Å². The van der Waals surface area contributed by atoms with Crippen LogP contribution in [-0.2, 0) is 4.79 Å². The lowest BCUT2D eigenvalue weighted by Crippen LogP contribution is -2.39. The second-order valence-corrected chi connectivity index (χ2v) is 5.59. The van der Waals surface area contributed by atoms with E-state index >= 15 is 0 Å². The Bertz CT molecular complexity index is 703. The molecule has 24 heavy (non-hydrogen) atoms. The highest BCUT2D eigenvalue weighted by molar-refractivity contribution is 5.96. The molecule has 1 saturated heterocycles. The molecule has 126 valence electrons. The lowest BCUT2D eigenvalue weighted by molar-refractivity contribution is -0.117. The number of amides is 1. The molecule has 1 fully saturated rings. The van der Waals surface area contributed by atoms with Crippen LogP contribution in [0.15, 0.2) is 48.5 Å². The molecule has 6 heteroatoms. The summed E-state index contributed by atoms with van der Waals surface area (Å²) in [5.41, 5.74) is 8.00. The Morgan fingerprint density at radius 3 is 2.50 bits per heavy atom. The second kappa shape index (κ2) is 7.33. The number of carbonyl (C=O) groups excluding carboxylic acids is 1. The maximum absolute atomic E-state index is 12.5. The molecule has 0 spiro atoms. The lowest BCUT2D eigenvalue weighted by Gasteiger charge is -2.13. The molecule has 3 N–H and O–H groups in total. The van der Waals surface area contributed by atoms with E-state index in [2.05, 4.69) is 16.2 Å². The Balaban J connectivity index is 1.63. The number of benzene rings is 2. The average molecular weight is 327 g/mol. The fourth-order valence-corrected chi connectivity index (χ4v) is 2.75. The first kappa shape index (κ1) is 16.3. The average Bonchev–Trinajstić information content (AvgIpc) is 3.12. The first-order valence-corrected chi connectivity index (χ1v) is 7.80. The van der Waals surface area contributed by atoms with Gasteiger partial charge in [-0.3, -0.25) is 4.79 Å². The van der Waals surface area contributed by atoms with Gasteiger partial charge in [0.2, 0.25) is 5.91 Å². The van der Waals surface area contributed by atoms with E-state index in [0.29, 0.717) is 17.9 Å². The van der Waals surface area contributed by atoms with Crippen molar-refractivity contribution in [3.05, 3.63) is 54.1 Å². The van der Waals surface area contributed by atoms with Gasteiger partial charge in [0.1, 0.15) is 17.5 Å². The van der Waals surface area contributed by atoms with Crippen molar-refractivity contribution in [2.75, 3.05) is 19.5 Å². The summed E-state index contributed by atoms with van der Waals surface area (Å²) < 4.78 is 10.4. The third-order valence-electron chi connectivity index (χ3n) is 4.10. The third-order valence-corrected chi connectivity index (χ3v) is 4.10. The van der Waals surface area contributed by atoms with Crippen LogP contribution in [-0.4, -0.2) is 26.2 Å². The molecule has 1 aliphatic heterocycles. The van der Waals surface area contributed by atoms with Gasteiger partial charge in [-0.05, 0) is 36.2 Å². The topological polar surface area (TPSA) is 71.6 Å². The van der Waals surface area contributed by atoms with E-state index in [1.165, 1.54) is 0 Å². The molecule has 3 rings (SSSR count). The van der Waals surface area contributed by atoms with Crippen LogP contribution in [0.4, 0.5) is 5.69 Å². The molecular weight excluding hydrogens is 306 g/mol. The molecule has 1 amide bonds. The maximum Gasteiger partial charge on any atom is 0.243 e. The molecule has 1 heterocycles. The highest BCUT2D eigenvalue weighted by atomic mass is 16.5. The number of hydrogen-bond donors (Lipinski definition) is 3. The van der Waals surface area contributed by atoms with Crippen LogP contribution in [0.25, 0.3) is 0 Å². The highest BCUT2D eigenvalue weighted by Gasteiger charge is 2.30. The zero-order chi connectivity index (χ0) is 16.9. The van der Waals surface area contributed by atoms with Crippen molar-refractivity contribution in [3.63, 3.8) is 0 Å². The van der Waals surface area contributed by atoms with Crippen molar-refractivity contribution < 1.29 is 14.3 Å². The van der Waals surface area contributed by atoms with Gasteiger partial charge in [0, 0.05) is 6.04 Å². The summed E-state index contributed by atoms with van der Waals surface area (Å²) in [7, 11) is 3.22. The molecular formula is C18H21N3O3. The number of carbonyl (C=O) groups is 1. The van der Waals surface area contributed by atoms with E-state index in [-0.39, 0.29) is 18.0 Å². The monoisotopic (exact) mass is 327 g/mol. The Hall–Kier alpha value is -2.57. The molecule has 0 bridgehead atoms. The molecule has 0 radical (unpaired) electrons. The van der Waals surface area contributed by atoms with Gasteiger partial charge in [0.05, 0.1) is 19.9 Å². The quantitative estimate of drug-likeness (QED) is 0.786. The smallest absolute Gasteiger partial charge is 0.243 e. The Morgan fingerprint density at radius 2 is 1.79 bits per heavy atom. The molecule has 0 saturated carbocycles. The van der Waals surface area contributed by atoms with Crippen molar-refractivity contribution >= 4 is 11.6 Å². The van der Waals surface area contributed by atoms with Crippen LogP contribution in [0.3, 0.4) is 0 Å². The number of methoxy groups -OCH3 is 2. The molecule has 2 unspecified atom stereocenters. The predicted molar refractivity (Wildman–Crippen MR) is 92.0 cm³/mol. The van der Waals surface area contributed by atoms with Crippen LogP contribution in [0.1, 0.15) is 18.0 Å². The van der Waals surface area contributed by atoms with Gasteiger partial charge in [-0.15, -0.1) is 0 Å². The fourth-order valence-electron chi connectivity index (χ4n) is 2.75. The van der Waals surface area contributed by atoms with Gasteiger partial charge in [0.15, 0.2) is 0 Å². The summed E-state index contributed by atoms with van der Waals surface area (Å²) in [4.78, 5) is 12.5. The van der Waals surface area contributed by atoms with Crippen LogP contribution in [0.5, 0.6) is 11.5 Å². The third kappa shape index (κ3) is 3.50. The molecule has 1 aliphatic rings. The van der Waals surface area contributed by atoms with Gasteiger partial charge < -0.3 is 14.8 Å². The number of ether oxygens (including phenoxy) is 2. The number of anilines is 1. The van der Waals surface area contributed by atoms with E-state index in [1.807, 2.05) is 48.5 Å². The highest BCUT2D eigenvalue weighted by Crippen LogP contribution is 2.27. The Labute approximate surface area is 141 Å². The summed E-state index contributed by atoms with van der Waals surface area (Å²) in [5.74, 6) is 1.36. The Kier molecular flexibility index (Phi) is 4.98. The minimum atomic E-state index is -0.318. The number of nitrogens with one attached hydrogen (secondary N) is 3. The van der Waals surface area contributed by atoms with E-state index in [0.717, 1.165) is 11.3 Å². The standard InChI is InChI=1S/C18H21N3O3/c1-23-13-9-7-12(8-10-13)15-11-16(21-20-15)18(22)19-14-5-3-4-6-17(14)24-2/h3-10,15-16,20-21H,11H2,1-2H3,(H,19,22). The molecule has 0 aromatic heterocycles. The number of hydrogen-bond acceptors (Lipinski definition) is 5. The summed E-state index contributed by atoms with van der Waals surface area (Å²) >= 11 is 0. The minimum absolute atomic E-state index is 0.0734. The molecule has 6 nitrogen and oxygen atoms in total. The van der Waals surface area contributed by atoms with Crippen LogP contribution >= 0.6 is 0 Å². The zero-order valence-corrected chi connectivity index (χ0v) is 13.7.